The molecule has 2 aromatic rings. The lowest BCUT2D eigenvalue weighted by molar-refractivity contribution is -0.154. The van der Waals surface area contributed by atoms with Gasteiger partial charge in [0.05, 0.1) is 18.2 Å². The highest BCUT2D eigenvalue weighted by molar-refractivity contribution is 6.30. The van der Waals surface area contributed by atoms with E-state index in [2.05, 4.69) is 0 Å². The van der Waals surface area contributed by atoms with Gasteiger partial charge in [-0.1, -0.05) is 23.7 Å². The largest absolute Gasteiger partial charge is 0.479 e. The fourth-order valence-corrected chi connectivity index (χ4v) is 2.75. The Balaban J connectivity index is 2.00. The summed E-state index contributed by atoms with van der Waals surface area (Å²) >= 11 is 5.89. The average Bonchev–Trinajstić information content (AvgIpc) is 2.69. The Morgan fingerprint density at radius 2 is 2.00 bits per heavy atom. The first-order chi connectivity index (χ1) is 13.8. The molecule has 0 bridgehead atoms. The van der Waals surface area contributed by atoms with E-state index >= 15 is 0 Å². The molecule has 0 fully saturated rings. The molecule has 2 rings (SSSR count). The minimum absolute atomic E-state index is 0.00335. The molecule has 0 heterocycles. The van der Waals surface area contributed by atoms with Crippen LogP contribution in [0.2, 0.25) is 5.02 Å². The number of nitrogens with zero attached hydrogens (tertiary/aromatic N) is 2. The van der Waals surface area contributed by atoms with Gasteiger partial charge in [0.2, 0.25) is 0 Å². The van der Waals surface area contributed by atoms with Gasteiger partial charge in [0, 0.05) is 11.6 Å². The van der Waals surface area contributed by atoms with Crippen LogP contribution in [0.25, 0.3) is 0 Å². The predicted molar refractivity (Wildman–Crippen MR) is 106 cm³/mol. The van der Waals surface area contributed by atoms with Crippen molar-refractivity contribution in [1.82, 2.24) is 0 Å². The summed E-state index contributed by atoms with van der Waals surface area (Å²) < 4.78 is 24.6. The summed E-state index contributed by atoms with van der Waals surface area (Å²) in [4.78, 5) is 25.8. The van der Waals surface area contributed by atoms with Gasteiger partial charge in [-0.15, -0.1) is 0 Å². The van der Waals surface area contributed by atoms with Crippen molar-refractivity contribution < 1.29 is 23.5 Å². The Morgan fingerprint density at radius 1 is 1.28 bits per heavy atom. The zero-order chi connectivity index (χ0) is 21.4. The molecule has 29 heavy (non-hydrogen) atoms. The lowest BCUT2D eigenvalue weighted by Crippen LogP contribution is -2.37. The maximum Gasteiger partial charge on any atom is 0.347 e. The number of halogens is 2. The third kappa shape index (κ3) is 6.19. The maximum atomic E-state index is 14.0. The number of carbonyl (C=O) groups excluding carboxylic acids is 2. The van der Waals surface area contributed by atoms with Gasteiger partial charge in [-0.05, 0) is 49.7 Å². The number of ether oxygens (including phenoxy) is 2. The Hall–Kier alpha value is -3.11. The SMILES string of the molecule is Cc1cc(Cl)ccc1OC(C)C(=O)OCC(=O)N(CCC#N)c1ccccc1F. The van der Waals surface area contributed by atoms with E-state index in [1.54, 1.807) is 31.2 Å². The number of rotatable bonds is 8. The molecular weight excluding hydrogens is 399 g/mol. The summed E-state index contributed by atoms with van der Waals surface area (Å²) in [5.41, 5.74) is 0.764. The molecule has 0 saturated carbocycles. The van der Waals surface area contributed by atoms with Gasteiger partial charge in [-0.2, -0.15) is 5.26 Å². The van der Waals surface area contributed by atoms with Gasteiger partial charge in [-0.25, -0.2) is 9.18 Å². The molecule has 0 aliphatic rings. The number of para-hydroxylation sites is 1. The second kappa shape index (κ2) is 10.4. The fraction of sp³-hybridized carbons (Fsp3) is 0.286. The summed E-state index contributed by atoms with van der Waals surface area (Å²) in [6.45, 7) is 2.64. The summed E-state index contributed by atoms with van der Waals surface area (Å²) in [6, 6.07) is 12.6. The van der Waals surface area contributed by atoms with Crippen LogP contribution in [0.3, 0.4) is 0 Å². The van der Waals surface area contributed by atoms with Crippen LogP contribution in [0.1, 0.15) is 18.9 Å². The van der Waals surface area contributed by atoms with Crippen molar-refractivity contribution in [2.75, 3.05) is 18.1 Å². The number of hydrogen-bond acceptors (Lipinski definition) is 5. The smallest absolute Gasteiger partial charge is 0.347 e. The highest BCUT2D eigenvalue weighted by Gasteiger charge is 2.23. The minimum Gasteiger partial charge on any atom is -0.479 e. The van der Waals surface area contributed by atoms with Crippen LogP contribution in [0.15, 0.2) is 42.5 Å². The number of aryl methyl sites for hydroxylation is 1. The molecule has 0 radical (unpaired) electrons. The van der Waals surface area contributed by atoms with E-state index in [0.29, 0.717) is 10.8 Å². The molecule has 8 heteroatoms. The lowest BCUT2D eigenvalue weighted by atomic mass is 10.2. The predicted octanol–water partition coefficient (Wildman–Crippen LogP) is 4.04. The third-order valence-electron chi connectivity index (χ3n) is 4.00. The van der Waals surface area contributed by atoms with E-state index in [-0.39, 0.29) is 18.7 Å². The van der Waals surface area contributed by atoms with Crippen molar-refractivity contribution in [3.8, 4) is 11.8 Å². The highest BCUT2D eigenvalue weighted by Crippen LogP contribution is 2.23. The van der Waals surface area contributed by atoms with Crippen molar-refractivity contribution in [2.45, 2.75) is 26.4 Å². The second-order valence-corrected chi connectivity index (χ2v) is 6.62. The van der Waals surface area contributed by atoms with Gasteiger partial charge < -0.3 is 14.4 Å². The van der Waals surface area contributed by atoms with Crippen molar-refractivity contribution in [2.24, 2.45) is 0 Å². The van der Waals surface area contributed by atoms with E-state index in [1.807, 2.05) is 6.07 Å². The summed E-state index contributed by atoms with van der Waals surface area (Å²) in [5, 5.41) is 9.33. The minimum atomic E-state index is -0.969. The molecule has 1 unspecified atom stereocenters. The van der Waals surface area contributed by atoms with Crippen molar-refractivity contribution >= 4 is 29.2 Å². The molecule has 0 N–H and O–H groups in total. The Kier molecular flexibility index (Phi) is 7.98. The first kappa shape index (κ1) is 22.2. The summed E-state index contributed by atoms with van der Waals surface area (Å²) in [5.74, 6) is -1.54. The van der Waals surface area contributed by atoms with E-state index < -0.39 is 30.4 Å². The van der Waals surface area contributed by atoms with Crippen LogP contribution in [0, 0.1) is 24.1 Å². The van der Waals surface area contributed by atoms with Gasteiger partial charge in [0.1, 0.15) is 11.6 Å². The number of carbonyl (C=O) groups is 2. The van der Waals surface area contributed by atoms with Crippen molar-refractivity contribution in [3.05, 3.63) is 58.9 Å². The van der Waals surface area contributed by atoms with Crippen LogP contribution in [-0.2, 0) is 14.3 Å². The quantitative estimate of drug-likeness (QED) is 0.604. The van der Waals surface area contributed by atoms with Gasteiger partial charge in [0.25, 0.3) is 5.91 Å². The highest BCUT2D eigenvalue weighted by atomic mass is 35.5. The number of benzene rings is 2. The number of amides is 1. The number of hydrogen-bond donors (Lipinski definition) is 0. The van der Waals surface area contributed by atoms with Gasteiger partial charge >= 0.3 is 5.97 Å². The first-order valence-corrected chi connectivity index (χ1v) is 9.22. The third-order valence-corrected chi connectivity index (χ3v) is 4.24. The number of esters is 1. The van der Waals surface area contributed by atoms with Crippen LogP contribution < -0.4 is 9.64 Å². The molecule has 0 spiro atoms. The molecule has 6 nitrogen and oxygen atoms in total. The average molecular weight is 419 g/mol. The Labute approximate surface area is 173 Å². The van der Waals surface area contributed by atoms with E-state index in [9.17, 15) is 14.0 Å². The molecule has 2 aromatic carbocycles. The van der Waals surface area contributed by atoms with Gasteiger partial charge in [-0.3, -0.25) is 4.79 Å². The molecule has 1 amide bonds. The monoisotopic (exact) mass is 418 g/mol. The summed E-state index contributed by atoms with van der Waals surface area (Å²) in [7, 11) is 0. The normalized spacial score (nSPS) is 11.3. The van der Waals surface area contributed by atoms with E-state index in [0.717, 1.165) is 10.5 Å². The molecular formula is C21H20ClFN2O4. The van der Waals surface area contributed by atoms with Crippen molar-refractivity contribution in [3.63, 3.8) is 0 Å². The molecule has 152 valence electrons. The molecule has 1 atom stereocenters. The zero-order valence-electron chi connectivity index (χ0n) is 16.0. The Bertz CT molecular complexity index is 929. The Morgan fingerprint density at radius 3 is 2.66 bits per heavy atom. The van der Waals surface area contributed by atoms with Crippen LogP contribution in [0.4, 0.5) is 10.1 Å². The fourth-order valence-electron chi connectivity index (χ4n) is 2.52. The van der Waals surface area contributed by atoms with Gasteiger partial charge in [0.15, 0.2) is 12.7 Å². The molecule has 0 aromatic heterocycles. The number of nitriles is 1. The van der Waals surface area contributed by atoms with Crippen LogP contribution in [-0.4, -0.2) is 31.1 Å². The standard InChI is InChI=1S/C21H20ClFN2O4/c1-14-12-16(22)8-9-19(14)29-15(2)21(27)28-13-20(26)25(11-5-10-24)18-7-4-3-6-17(18)23/h3-4,6-9,12,15H,5,11,13H2,1-2H3. The first-order valence-electron chi connectivity index (χ1n) is 8.84. The molecule has 0 aliphatic carbocycles. The van der Waals surface area contributed by atoms with Crippen LogP contribution in [0.5, 0.6) is 5.75 Å². The van der Waals surface area contributed by atoms with E-state index in [1.165, 1.54) is 25.1 Å². The summed E-state index contributed by atoms with van der Waals surface area (Å²) in [6.07, 6.45) is -0.965. The zero-order valence-corrected chi connectivity index (χ0v) is 16.8. The maximum absolute atomic E-state index is 14.0. The lowest BCUT2D eigenvalue weighted by Gasteiger charge is -2.22. The molecule has 0 aliphatic heterocycles. The topological polar surface area (TPSA) is 79.6 Å². The van der Waals surface area contributed by atoms with Crippen molar-refractivity contribution in [1.29, 1.82) is 5.26 Å². The molecule has 0 saturated heterocycles. The number of anilines is 1. The van der Waals surface area contributed by atoms with Crippen LogP contribution >= 0.6 is 11.6 Å². The van der Waals surface area contributed by atoms with E-state index in [4.69, 9.17) is 26.3 Å². The second-order valence-electron chi connectivity index (χ2n) is 6.18.